The lowest BCUT2D eigenvalue weighted by Gasteiger charge is -2.06. The summed E-state index contributed by atoms with van der Waals surface area (Å²) in [5.41, 5.74) is 1.76. The number of fused-ring (bicyclic) bond motifs is 1. The summed E-state index contributed by atoms with van der Waals surface area (Å²) in [5.74, 6) is 0.107. The molecule has 106 valence electrons. The van der Waals surface area contributed by atoms with Gasteiger partial charge in [0, 0.05) is 32.6 Å². The lowest BCUT2D eigenvalue weighted by atomic mass is 10.1. The van der Waals surface area contributed by atoms with Crippen LogP contribution in [0.25, 0.3) is 10.9 Å². The minimum Gasteiger partial charge on any atom is -0.340 e. The van der Waals surface area contributed by atoms with Gasteiger partial charge in [0.25, 0.3) is 0 Å². The number of aromatic nitrogens is 1. The number of benzene rings is 2. The first-order chi connectivity index (χ1) is 10.2. The third kappa shape index (κ3) is 2.99. The van der Waals surface area contributed by atoms with Gasteiger partial charge >= 0.3 is 0 Å². The molecule has 1 aromatic heterocycles. The second kappa shape index (κ2) is 5.96. The highest BCUT2D eigenvalue weighted by Crippen LogP contribution is 2.21. The van der Waals surface area contributed by atoms with Crippen molar-refractivity contribution in [1.29, 1.82) is 0 Å². The molecule has 1 heterocycles. The largest absolute Gasteiger partial charge is 0.340 e. The van der Waals surface area contributed by atoms with Crippen LogP contribution >= 0.6 is 23.4 Å². The normalized spacial score (nSPS) is 11.0. The first kappa shape index (κ1) is 14.2. The van der Waals surface area contributed by atoms with Gasteiger partial charge in [-0.05, 0) is 42.7 Å². The molecule has 2 aromatic carbocycles. The maximum absolute atomic E-state index is 12.4. The molecule has 0 amide bonds. The molecule has 0 N–H and O–H groups in total. The summed E-state index contributed by atoms with van der Waals surface area (Å²) in [6, 6.07) is 15.4. The average molecular weight is 316 g/mol. The molecular weight excluding hydrogens is 302 g/mol. The number of halogens is 1. The first-order valence-corrected chi connectivity index (χ1v) is 8.19. The van der Waals surface area contributed by atoms with Gasteiger partial charge in [0.15, 0.2) is 5.78 Å². The van der Waals surface area contributed by atoms with E-state index >= 15 is 0 Å². The number of rotatable bonds is 4. The summed E-state index contributed by atoms with van der Waals surface area (Å²) in [6.07, 6.45) is 3.95. The van der Waals surface area contributed by atoms with E-state index in [1.54, 1.807) is 11.8 Å². The van der Waals surface area contributed by atoms with E-state index in [1.807, 2.05) is 65.6 Å². The molecule has 0 unspecified atom stereocenters. The van der Waals surface area contributed by atoms with E-state index in [9.17, 15) is 4.79 Å². The fraction of sp³-hybridized carbons (Fsp3) is 0.118. The Hall–Kier alpha value is -1.71. The molecule has 0 aliphatic carbocycles. The zero-order chi connectivity index (χ0) is 14.8. The van der Waals surface area contributed by atoms with E-state index in [4.69, 9.17) is 11.6 Å². The Morgan fingerprint density at radius 2 is 1.90 bits per heavy atom. The fourth-order valence-electron chi connectivity index (χ4n) is 2.33. The number of ketones is 1. The lowest BCUT2D eigenvalue weighted by Crippen LogP contribution is -2.09. The Labute approximate surface area is 132 Å². The second-order valence-corrected chi connectivity index (χ2v) is 6.11. The monoisotopic (exact) mass is 315 g/mol. The quantitative estimate of drug-likeness (QED) is 0.504. The number of thioether (sulfide) groups is 1. The van der Waals surface area contributed by atoms with Gasteiger partial charge in [-0.15, -0.1) is 11.8 Å². The molecule has 2 nitrogen and oxygen atoms in total. The molecule has 0 atom stereocenters. The van der Waals surface area contributed by atoms with Crippen molar-refractivity contribution in [2.45, 2.75) is 11.4 Å². The molecule has 0 saturated carbocycles. The fourth-order valence-corrected chi connectivity index (χ4v) is 2.92. The summed E-state index contributed by atoms with van der Waals surface area (Å²) in [4.78, 5) is 13.5. The third-order valence-corrected chi connectivity index (χ3v) is 4.44. The Balaban J connectivity index is 1.85. The zero-order valence-corrected chi connectivity index (χ0v) is 13.1. The number of carbonyl (C=O) groups excluding carboxylic acids is 1. The number of carbonyl (C=O) groups is 1. The molecule has 0 bridgehead atoms. The Bertz CT molecular complexity index is 792. The summed E-state index contributed by atoms with van der Waals surface area (Å²) in [6.45, 7) is 0.337. The second-order valence-electron chi connectivity index (χ2n) is 4.80. The topological polar surface area (TPSA) is 22.0 Å². The number of hydrogen-bond donors (Lipinski definition) is 0. The van der Waals surface area contributed by atoms with Crippen molar-refractivity contribution in [3.8, 4) is 0 Å². The van der Waals surface area contributed by atoms with Gasteiger partial charge < -0.3 is 4.57 Å². The van der Waals surface area contributed by atoms with Crippen LogP contribution in [0.2, 0.25) is 5.02 Å². The van der Waals surface area contributed by atoms with Crippen molar-refractivity contribution in [2.24, 2.45) is 0 Å². The molecule has 3 rings (SSSR count). The highest BCUT2D eigenvalue weighted by atomic mass is 35.5. The van der Waals surface area contributed by atoms with Crippen LogP contribution in [0, 0.1) is 0 Å². The van der Waals surface area contributed by atoms with Crippen LogP contribution in [-0.2, 0) is 6.54 Å². The molecule has 0 fully saturated rings. The Morgan fingerprint density at radius 1 is 1.14 bits per heavy atom. The van der Waals surface area contributed by atoms with Gasteiger partial charge in [-0.25, -0.2) is 0 Å². The van der Waals surface area contributed by atoms with Crippen molar-refractivity contribution in [2.75, 3.05) is 6.26 Å². The highest BCUT2D eigenvalue weighted by molar-refractivity contribution is 7.98. The molecule has 0 saturated heterocycles. The van der Waals surface area contributed by atoms with Crippen molar-refractivity contribution >= 4 is 40.0 Å². The molecule has 0 spiro atoms. The Morgan fingerprint density at radius 3 is 2.62 bits per heavy atom. The standard InChI is InChI=1S/C17H14ClNOS/c1-21-15-5-2-12(3-6-15)17(20)11-19-9-8-13-10-14(18)4-7-16(13)19/h2-10H,11H2,1H3. The van der Waals surface area contributed by atoms with Gasteiger partial charge in [0.2, 0.25) is 0 Å². The van der Waals surface area contributed by atoms with Gasteiger partial charge in [0.1, 0.15) is 0 Å². The number of Topliss-reactive ketones (excluding diaryl/α,β-unsaturated/α-hetero) is 1. The van der Waals surface area contributed by atoms with Crippen LogP contribution < -0.4 is 0 Å². The minimum atomic E-state index is 0.107. The predicted molar refractivity (Wildman–Crippen MR) is 89.5 cm³/mol. The summed E-state index contributed by atoms with van der Waals surface area (Å²) in [5, 5.41) is 1.76. The maximum atomic E-state index is 12.4. The summed E-state index contributed by atoms with van der Waals surface area (Å²) in [7, 11) is 0. The average Bonchev–Trinajstić information content (AvgIpc) is 2.89. The van der Waals surface area contributed by atoms with E-state index in [-0.39, 0.29) is 5.78 Å². The number of nitrogens with zero attached hydrogens (tertiary/aromatic N) is 1. The van der Waals surface area contributed by atoms with E-state index in [0.29, 0.717) is 11.6 Å². The molecule has 0 aliphatic rings. The highest BCUT2D eigenvalue weighted by Gasteiger charge is 2.09. The van der Waals surface area contributed by atoms with Crippen molar-refractivity contribution < 1.29 is 4.79 Å². The van der Waals surface area contributed by atoms with Gasteiger partial charge in [-0.3, -0.25) is 4.79 Å². The van der Waals surface area contributed by atoms with Gasteiger partial charge in [-0.2, -0.15) is 0 Å². The zero-order valence-electron chi connectivity index (χ0n) is 11.5. The van der Waals surface area contributed by atoms with E-state index in [2.05, 4.69) is 0 Å². The van der Waals surface area contributed by atoms with Gasteiger partial charge in [0.05, 0.1) is 6.54 Å². The van der Waals surface area contributed by atoms with Crippen LogP contribution in [0.15, 0.2) is 59.6 Å². The van der Waals surface area contributed by atoms with E-state index in [1.165, 1.54) is 0 Å². The van der Waals surface area contributed by atoms with Crippen LogP contribution in [0.4, 0.5) is 0 Å². The first-order valence-electron chi connectivity index (χ1n) is 6.59. The minimum absolute atomic E-state index is 0.107. The van der Waals surface area contributed by atoms with Crippen LogP contribution in [0.5, 0.6) is 0 Å². The maximum Gasteiger partial charge on any atom is 0.182 e. The molecular formula is C17H14ClNOS. The van der Waals surface area contributed by atoms with Crippen molar-refractivity contribution in [3.63, 3.8) is 0 Å². The SMILES string of the molecule is CSc1ccc(C(=O)Cn2ccc3cc(Cl)ccc32)cc1. The van der Waals surface area contributed by atoms with Crippen molar-refractivity contribution in [1.82, 2.24) is 4.57 Å². The van der Waals surface area contributed by atoms with Crippen LogP contribution in [0.3, 0.4) is 0 Å². The summed E-state index contributed by atoms with van der Waals surface area (Å²) < 4.78 is 1.95. The van der Waals surface area contributed by atoms with Crippen LogP contribution in [-0.4, -0.2) is 16.6 Å². The molecule has 0 radical (unpaired) electrons. The van der Waals surface area contributed by atoms with E-state index < -0.39 is 0 Å². The molecule has 21 heavy (non-hydrogen) atoms. The van der Waals surface area contributed by atoms with Gasteiger partial charge in [-0.1, -0.05) is 23.7 Å². The predicted octanol–water partition coefficient (Wildman–Crippen LogP) is 4.90. The Kier molecular flexibility index (Phi) is 4.04. The summed E-state index contributed by atoms with van der Waals surface area (Å²) >= 11 is 7.65. The third-order valence-electron chi connectivity index (χ3n) is 3.46. The van der Waals surface area contributed by atoms with Crippen LogP contribution in [0.1, 0.15) is 10.4 Å². The molecule has 0 aliphatic heterocycles. The van der Waals surface area contributed by atoms with Crippen molar-refractivity contribution in [3.05, 3.63) is 65.3 Å². The molecule has 4 heteroatoms. The molecule has 3 aromatic rings. The smallest absolute Gasteiger partial charge is 0.182 e. The van der Waals surface area contributed by atoms with E-state index in [0.717, 1.165) is 21.4 Å². The number of hydrogen-bond acceptors (Lipinski definition) is 2. The lowest BCUT2D eigenvalue weighted by molar-refractivity contribution is 0.0973.